The van der Waals surface area contributed by atoms with E-state index in [1.807, 2.05) is 12.1 Å². The van der Waals surface area contributed by atoms with E-state index in [1.165, 1.54) is 69.8 Å². The molecule has 0 unspecified atom stereocenters. The third kappa shape index (κ3) is 4.21. The van der Waals surface area contributed by atoms with Gasteiger partial charge in [0.15, 0.2) is 11.6 Å². The van der Waals surface area contributed by atoms with Gasteiger partial charge in [0.2, 0.25) is 0 Å². The molecule has 1 saturated carbocycles. The first-order valence-corrected chi connectivity index (χ1v) is 11.2. The fraction of sp³-hybridized carbons (Fsp3) is 0.407. The lowest BCUT2D eigenvalue weighted by Gasteiger charge is -2.29. The number of hydrogen-bond donors (Lipinski definition) is 0. The average Bonchev–Trinajstić information content (AvgIpc) is 2.78. The van der Waals surface area contributed by atoms with Crippen LogP contribution in [-0.4, -0.2) is 7.11 Å². The number of fused-ring (bicyclic) bond motifs is 1. The number of hydrogen-bond acceptors (Lipinski definition) is 1. The predicted molar refractivity (Wildman–Crippen MR) is 120 cm³/mol. The van der Waals surface area contributed by atoms with Gasteiger partial charge in [-0.05, 0) is 66.2 Å². The summed E-state index contributed by atoms with van der Waals surface area (Å²) in [6.07, 6.45) is 9.04. The number of halogens is 2. The van der Waals surface area contributed by atoms with Crippen LogP contribution in [0.4, 0.5) is 8.78 Å². The van der Waals surface area contributed by atoms with E-state index < -0.39 is 5.82 Å². The van der Waals surface area contributed by atoms with Crippen LogP contribution in [-0.2, 0) is 0 Å². The van der Waals surface area contributed by atoms with E-state index in [2.05, 4.69) is 19.1 Å². The molecule has 0 spiro atoms. The van der Waals surface area contributed by atoms with Crippen molar-refractivity contribution in [2.24, 2.45) is 5.92 Å². The molecular weight excluding hydrogens is 378 g/mol. The van der Waals surface area contributed by atoms with E-state index in [0.717, 1.165) is 11.3 Å². The smallest absolute Gasteiger partial charge is 0.165 e. The first-order valence-electron chi connectivity index (χ1n) is 11.2. The lowest BCUT2D eigenvalue weighted by molar-refractivity contribution is 0.304. The fourth-order valence-electron chi connectivity index (χ4n) is 4.90. The van der Waals surface area contributed by atoms with Crippen LogP contribution < -0.4 is 4.74 Å². The molecule has 0 radical (unpaired) electrons. The van der Waals surface area contributed by atoms with Crippen molar-refractivity contribution in [1.29, 1.82) is 0 Å². The minimum atomic E-state index is -0.487. The Morgan fingerprint density at radius 2 is 1.73 bits per heavy atom. The first-order chi connectivity index (χ1) is 14.6. The van der Waals surface area contributed by atoms with E-state index in [4.69, 9.17) is 4.74 Å². The van der Waals surface area contributed by atoms with Crippen molar-refractivity contribution in [2.75, 3.05) is 7.11 Å². The molecule has 0 atom stereocenters. The Balaban J connectivity index is 1.57. The van der Waals surface area contributed by atoms with Crippen LogP contribution in [0.15, 0.2) is 48.5 Å². The molecule has 158 valence electrons. The van der Waals surface area contributed by atoms with Crippen molar-refractivity contribution in [3.63, 3.8) is 0 Å². The van der Waals surface area contributed by atoms with Crippen molar-refractivity contribution in [3.8, 4) is 16.9 Å². The van der Waals surface area contributed by atoms with Gasteiger partial charge in [-0.2, -0.15) is 0 Å². The zero-order valence-corrected chi connectivity index (χ0v) is 17.9. The molecule has 0 saturated heterocycles. The third-order valence-electron chi connectivity index (χ3n) is 6.73. The Morgan fingerprint density at radius 1 is 0.933 bits per heavy atom. The number of rotatable bonds is 6. The molecule has 0 aromatic heterocycles. The van der Waals surface area contributed by atoms with Crippen LogP contribution in [0.5, 0.6) is 5.75 Å². The Bertz CT molecular complexity index is 1020. The van der Waals surface area contributed by atoms with Crippen molar-refractivity contribution in [1.82, 2.24) is 0 Å². The molecule has 0 amide bonds. The molecule has 0 aliphatic heterocycles. The van der Waals surface area contributed by atoms with Gasteiger partial charge < -0.3 is 4.74 Å². The van der Waals surface area contributed by atoms with E-state index in [9.17, 15) is 4.39 Å². The lowest BCUT2D eigenvalue weighted by Crippen LogP contribution is -2.13. The monoisotopic (exact) mass is 408 g/mol. The van der Waals surface area contributed by atoms with E-state index in [1.54, 1.807) is 12.1 Å². The standard InChI is InChI=1S/C27H30F2O/c1-3-4-5-18-6-8-19(9-7-18)20-10-13-23-21(16-20)11-14-24(27(23)29)22-12-15-26(30-2)25(28)17-22/h10-19H,3-9H2,1-2H3. The summed E-state index contributed by atoms with van der Waals surface area (Å²) in [6.45, 7) is 2.26. The van der Waals surface area contributed by atoms with Gasteiger partial charge in [-0.15, -0.1) is 0 Å². The van der Waals surface area contributed by atoms with Gasteiger partial charge in [-0.1, -0.05) is 62.6 Å². The normalized spacial score (nSPS) is 19.2. The summed E-state index contributed by atoms with van der Waals surface area (Å²) in [5.41, 5.74) is 2.24. The molecule has 3 heteroatoms. The summed E-state index contributed by atoms with van der Waals surface area (Å²) >= 11 is 0. The van der Waals surface area contributed by atoms with Crippen molar-refractivity contribution < 1.29 is 13.5 Å². The highest BCUT2D eigenvalue weighted by atomic mass is 19.1. The number of unbranched alkanes of at least 4 members (excludes halogenated alkanes) is 1. The highest BCUT2D eigenvalue weighted by molar-refractivity contribution is 5.89. The van der Waals surface area contributed by atoms with E-state index in [0.29, 0.717) is 22.4 Å². The summed E-state index contributed by atoms with van der Waals surface area (Å²) in [5.74, 6) is 0.831. The largest absolute Gasteiger partial charge is 0.494 e. The fourth-order valence-corrected chi connectivity index (χ4v) is 4.90. The molecule has 1 aliphatic carbocycles. The predicted octanol–water partition coefficient (Wildman–Crippen LogP) is 8.26. The molecule has 1 fully saturated rings. The van der Waals surface area contributed by atoms with Gasteiger partial charge in [-0.3, -0.25) is 0 Å². The summed E-state index contributed by atoms with van der Waals surface area (Å²) in [6, 6.07) is 14.4. The molecule has 3 aromatic carbocycles. The van der Waals surface area contributed by atoms with Gasteiger partial charge in [0, 0.05) is 10.9 Å². The second kappa shape index (κ2) is 9.16. The molecule has 0 heterocycles. The minimum absolute atomic E-state index is 0.161. The maximum Gasteiger partial charge on any atom is 0.165 e. The SMILES string of the molecule is CCCCC1CCC(c2ccc3c(F)c(-c4ccc(OC)c(F)c4)ccc3c2)CC1. The first kappa shape index (κ1) is 20.8. The summed E-state index contributed by atoms with van der Waals surface area (Å²) in [7, 11) is 1.42. The average molecular weight is 409 g/mol. The second-order valence-corrected chi connectivity index (χ2v) is 8.62. The molecule has 3 aromatic rings. The van der Waals surface area contributed by atoms with Crippen LogP contribution in [0.3, 0.4) is 0 Å². The molecule has 0 bridgehead atoms. The van der Waals surface area contributed by atoms with Crippen LogP contribution in [0.2, 0.25) is 0 Å². The van der Waals surface area contributed by atoms with Crippen LogP contribution in [0.1, 0.15) is 63.4 Å². The number of ether oxygens (including phenoxy) is 1. The van der Waals surface area contributed by atoms with Crippen LogP contribution in [0.25, 0.3) is 21.9 Å². The van der Waals surface area contributed by atoms with E-state index in [-0.39, 0.29) is 11.6 Å². The molecule has 0 N–H and O–H groups in total. The van der Waals surface area contributed by atoms with Crippen molar-refractivity contribution in [2.45, 2.75) is 57.8 Å². The third-order valence-corrected chi connectivity index (χ3v) is 6.73. The Labute approximate surface area is 178 Å². The van der Waals surface area contributed by atoms with Crippen LogP contribution in [0, 0.1) is 17.6 Å². The number of benzene rings is 3. The van der Waals surface area contributed by atoms with Crippen molar-refractivity contribution >= 4 is 10.8 Å². The van der Waals surface area contributed by atoms with Gasteiger partial charge in [0.05, 0.1) is 7.11 Å². The molecule has 1 aliphatic rings. The summed E-state index contributed by atoms with van der Waals surface area (Å²) < 4.78 is 34.3. The zero-order valence-electron chi connectivity index (χ0n) is 17.9. The Morgan fingerprint density at radius 3 is 2.43 bits per heavy atom. The highest BCUT2D eigenvalue weighted by Gasteiger charge is 2.22. The zero-order chi connectivity index (χ0) is 21.1. The maximum absolute atomic E-state index is 15.3. The van der Waals surface area contributed by atoms with Gasteiger partial charge in [0.1, 0.15) is 5.82 Å². The molecule has 1 nitrogen and oxygen atoms in total. The van der Waals surface area contributed by atoms with Crippen LogP contribution >= 0.6 is 0 Å². The Hall–Kier alpha value is -2.42. The van der Waals surface area contributed by atoms with Gasteiger partial charge in [-0.25, -0.2) is 8.78 Å². The van der Waals surface area contributed by atoms with Gasteiger partial charge in [0.25, 0.3) is 0 Å². The summed E-state index contributed by atoms with van der Waals surface area (Å²) in [5, 5.41) is 1.50. The summed E-state index contributed by atoms with van der Waals surface area (Å²) in [4.78, 5) is 0. The van der Waals surface area contributed by atoms with Crippen molar-refractivity contribution in [3.05, 3.63) is 65.7 Å². The van der Waals surface area contributed by atoms with Gasteiger partial charge >= 0.3 is 0 Å². The lowest BCUT2D eigenvalue weighted by atomic mass is 9.77. The molecular formula is C27H30F2O. The molecule has 4 rings (SSSR count). The maximum atomic E-state index is 15.3. The highest BCUT2D eigenvalue weighted by Crippen LogP contribution is 2.39. The molecule has 30 heavy (non-hydrogen) atoms. The quantitative estimate of drug-likeness (QED) is 0.399. The Kier molecular flexibility index (Phi) is 6.36. The second-order valence-electron chi connectivity index (χ2n) is 8.62. The minimum Gasteiger partial charge on any atom is -0.494 e. The van der Waals surface area contributed by atoms with E-state index >= 15 is 4.39 Å². The number of methoxy groups -OCH3 is 1. The topological polar surface area (TPSA) is 9.23 Å².